The smallest absolute Gasteiger partial charge is 0.306 e. The van der Waals surface area contributed by atoms with Crippen LogP contribution in [0.15, 0.2) is 28.7 Å². The number of rotatable bonds is 5. The second kappa shape index (κ2) is 6.63. The summed E-state index contributed by atoms with van der Waals surface area (Å²) in [5, 5.41) is 12.2. The van der Waals surface area contributed by atoms with Gasteiger partial charge >= 0.3 is 5.97 Å². The summed E-state index contributed by atoms with van der Waals surface area (Å²) in [6.45, 7) is 0.649. The SMILES string of the molecule is O=C(O)C1CCCC(C(=O)NCC2(c3cccc(Br)c3)CC2)C1. The normalized spacial score (nSPS) is 25.6. The van der Waals surface area contributed by atoms with Crippen LogP contribution in [0.1, 0.15) is 44.1 Å². The number of hydrogen-bond acceptors (Lipinski definition) is 2. The lowest BCUT2D eigenvalue weighted by Gasteiger charge is -2.26. The second-order valence-electron chi connectivity index (χ2n) is 6.91. The first-order valence-electron chi connectivity index (χ1n) is 8.27. The van der Waals surface area contributed by atoms with Gasteiger partial charge in [0.25, 0.3) is 0 Å². The lowest BCUT2D eigenvalue weighted by atomic mass is 9.81. The molecule has 2 aliphatic carbocycles. The number of hydrogen-bond donors (Lipinski definition) is 2. The first-order valence-corrected chi connectivity index (χ1v) is 9.06. The standard InChI is InChI=1S/C18H22BrNO3/c19-15-6-2-5-14(10-15)18(7-8-18)11-20-16(21)12-3-1-4-13(9-12)17(22)23/h2,5-6,10,12-13H,1,3-4,7-9,11H2,(H,20,21)(H,22,23). The molecule has 2 saturated carbocycles. The summed E-state index contributed by atoms with van der Waals surface area (Å²) in [4.78, 5) is 23.6. The van der Waals surface area contributed by atoms with Gasteiger partial charge in [-0.1, -0.05) is 34.5 Å². The number of halogens is 1. The lowest BCUT2D eigenvalue weighted by molar-refractivity contribution is -0.144. The van der Waals surface area contributed by atoms with Crippen LogP contribution in [0.25, 0.3) is 0 Å². The fraction of sp³-hybridized carbons (Fsp3) is 0.556. The van der Waals surface area contributed by atoms with Crippen LogP contribution in [0.3, 0.4) is 0 Å². The van der Waals surface area contributed by atoms with Crippen LogP contribution in [0.4, 0.5) is 0 Å². The molecule has 0 spiro atoms. The van der Waals surface area contributed by atoms with E-state index in [1.807, 2.05) is 12.1 Å². The molecular formula is C18H22BrNO3. The largest absolute Gasteiger partial charge is 0.481 e. The van der Waals surface area contributed by atoms with E-state index in [1.165, 1.54) is 5.56 Å². The molecule has 124 valence electrons. The maximum atomic E-state index is 12.4. The van der Waals surface area contributed by atoms with Crippen molar-refractivity contribution < 1.29 is 14.7 Å². The summed E-state index contributed by atoms with van der Waals surface area (Å²) in [5.41, 5.74) is 1.33. The zero-order valence-corrected chi connectivity index (χ0v) is 14.6. The second-order valence-corrected chi connectivity index (χ2v) is 7.82. The van der Waals surface area contributed by atoms with Crippen molar-refractivity contribution in [2.45, 2.75) is 43.9 Å². The highest BCUT2D eigenvalue weighted by Gasteiger charge is 2.44. The Morgan fingerprint density at radius 2 is 2.00 bits per heavy atom. The fourth-order valence-electron chi connectivity index (χ4n) is 3.59. The molecule has 1 aromatic rings. The molecule has 4 nitrogen and oxygen atoms in total. The highest BCUT2D eigenvalue weighted by atomic mass is 79.9. The van der Waals surface area contributed by atoms with Crippen LogP contribution in [-0.2, 0) is 15.0 Å². The van der Waals surface area contributed by atoms with Crippen molar-refractivity contribution in [1.29, 1.82) is 0 Å². The highest BCUT2D eigenvalue weighted by Crippen LogP contribution is 2.48. The summed E-state index contributed by atoms with van der Waals surface area (Å²) in [5.74, 6) is -1.25. The topological polar surface area (TPSA) is 66.4 Å². The third kappa shape index (κ3) is 3.77. The monoisotopic (exact) mass is 379 g/mol. The molecule has 0 heterocycles. The van der Waals surface area contributed by atoms with E-state index in [1.54, 1.807) is 0 Å². The first-order chi connectivity index (χ1) is 11.0. The van der Waals surface area contributed by atoms with Crippen molar-refractivity contribution in [3.63, 3.8) is 0 Å². The minimum Gasteiger partial charge on any atom is -0.481 e. The van der Waals surface area contributed by atoms with Gasteiger partial charge in [-0.05, 0) is 49.8 Å². The molecule has 3 rings (SSSR count). The van der Waals surface area contributed by atoms with E-state index in [4.69, 9.17) is 5.11 Å². The van der Waals surface area contributed by atoms with Gasteiger partial charge < -0.3 is 10.4 Å². The third-order valence-electron chi connectivity index (χ3n) is 5.29. The van der Waals surface area contributed by atoms with E-state index >= 15 is 0 Å². The van der Waals surface area contributed by atoms with Gasteiger partial charge in [-0.15, -0.1) is 0 Å². The number of carbonyl (C=O) groups is 2. The molecule has 2 atom stereocenters. The maximum Gasteiger partial charge on any atom is 0.306 e. The molecule has 0 aliphatic heterocycles. The number of benzene rings is 1. The molecule has 2 fully saturated rings. The van der Waals surface area contributed by atoms with Gasteiger partial charge in [-0.3, -0.25) is 9.59 Å². The van der Waals surface area contributed by atoms with Crippen molar-refractivity contribution in [1.82, 2.24) is 5.32 Å². The molecule has 2 N–H and O–H groups in total. The molecule has 2 unspecified atom stereocenters. The fourth-order valence-corrected chi connectivity index (χ4v) is 3.99. The summed E-state index contributed by atoms with van der Waals surface area (Å²) in [6.07, 6.45) is 4.98. The number of nitrogens with one attached hydrogen (secondary N) is 1. The molecule has 0 radical (unpaired) electrons. The minimum absolute atomic E-state index is 0.0252. The number of carboxylic acid groups (broad SMARTS) is 1. The molecule has 1 amide bonds. The number of carboxylic acids is 1. The van der Waals surface area contributed by atoms with Crippen molar-refractivity contribution in [2.75, 3.05) is 6.54 Å². The molecule has 5 heteroatoms. The van der Waals surface area contributed by atoms with Gasteiger partial charge in [-0.25, -0.2) is 0 Å². The van der Waals surface area contributed by atoms with E-state index in [2.05, 4.69) is 33.4 Å². The maximum absolute atomic E-state index is 12.4. The van der Waals surface area contributed by atoms with E-state index in [9.17, 15) is 9.59 Å². The molecule has 0 saturated heterocycles. The minimum atomic E-state index is -0.768. The molecule has 0 bridgehead atoms. The Bertz CT molecular complexity index is 612. The van der Waals surface area contributed by atoms with Gasteiger partial charge in [0.15, 0.2) is 0 Å². The predicted octanol–water partition coefficient (Wildman–Crippen LogP) is 3.49. The van der Waals surface area contributed by atoms with Crippen LogP contribution in [0.5, 0.6) is 0 Å². The van der Waals surface area contributed by atoms with E-state index < -0.39 is 5.97 Å². The van der Waals surface area contributed by atoms with Crippen molar-refractivity contribution >= 4 is 27.8 Å². The molecule has 23 heavy (non-hydrogen) atoms. The van der Waals surface area contributed by atoms with Gasteiger partial charge in [-0.2, -0.15) is 0 Å². The summed E-state index contributed by atoms with van der Waals surface area (Å²) >= 11 is 3.50. The quantitative estimate of drug-likeness (QED) is 0.822. The summed E-state index contributed by atoms with van der Waals surface area (Å²) in [7, 11) is 0. The highest BCUT2D eigenvalue weighted by molar-refractivity contribution is 9.10. The molecule has 1 aromatic carbocycles. The van der Waals surface area contributed by atoms with Crippen LogP contribution >= 0.6 is 15.9 Å². The van der Waals surface area contributed by atoms with Crippen molar-refractivity contribution in [3.8, 4) is 0 Å². The van der Waals surface area contributed by atoms with Gasteiger partial charge in [0, 0.05) is 22.4 Å². The Hall–Kier alpha value is -1.36. The Morgan fingerprint density at radius 1 is 1.26 bits per heavy atom. The third-order valence-corrected chi connectivity index (χ3v) is 5.78. The zero-order chi connectivity index (χ0) is 16.4. The number of carbonyl (C=O) groups excluding carboxylic acids is 1. The Morgan fingerprint density at radius 3 is 2.65 bits per heavy atom. The molecule has 2 aliphatic rings. The van der Waals surface area contributed by atoms with Gasteiger partial charge in [0.2, 0.25) is 5.91 Å². The van der Waals surface area contributed by atoms with Crippen molar-refractivity contribution in [2.24, 2.45) is 11.8 Å². The van der Waals surface area contributed by atoms with Crippen LogP contribution in [0, 0.1) is 11.8 Å². The predicted molar refractivity (Wildman–Crippen MR) is 91.1 cm³/mol. The average molecular weight is 380 g/mol. The van der Waals surface area contributed by atoms with Crippen LogP contribution in [-0.4, -0.2) is 23.5 Å². The van der Waals surface area contributed by atoms with E-state index in [0.29, 0.717) is 19.4 Å². The summed E-state index contributed by atoms with van der Waals surface area (Å²) in [6, 6.07) is 8.28. The zero-order valence-electron chi connectivity index (χ0n) is 13.1. The first kappa shape index (κ1) is 16.5. The Kier molecular flexibility index (Phi) is 4.76. The Labute approximate surface area is 144 Å². The van der Waals surface area contributed by atoms with Gasteiger partial charge in [0.05, 0.1) is 5.92 Å². The van der Waals surface area contributed by atoms with E-state index in [0.717, 1.165) is 30.2 Å². The average Bonchev–Trinajstić information content (AvgIpc) is 3.34. The molecule has 0 aromatic heterocycles. The Balaban J connectivity index is 1.58. The molecular weight excluding hydrogens is 358 g/mol. The summed E-state index contributed by atoms with van der Waals surface area (Å²) < 4.78 is 1.06. The number of aliphatic carboxylic acids is 1. The van der Waals surface area contributed by atoms with Crippen LogP contribution < -0.4 is 5.32 Å². The lowest BCUT2D eigenvalue weighted by Crippen LogP contribution is -2.39. The van der Waals surface area contributed by atoms with Gasteiger partial charge in [0.1, 0.15) is 0 Å². The van der Waals surface area contributed by atoms with E-state index in [-0.39, 0.29) is 23.2 Å². The van der Waals surface area contributed by atoms with Crippen molar-refractivity contribution in [3.05, 3.63) is 34.3 Å². The number of amides is 1. The van der Waals surface area contributed by atoms with Crippen LogP contribution in [0.2, 0.25) is 0 Å².